The average molecular weight is 284 g/mol. The maximum Gasteiger partial charge on any atom is 0.328 e. The number of nitrogens with two attached hydrogens (primary N) is 1. The summed E-state index contributed by atoms with van der Waals surface area (Å²) in [5.41, 5.74) is 2.12. The number of nitrogens with one attached hydrogen (secondary N) is 1. The van der Waals surface area contributed by atoms with Crippen LogP contribution in [0.25, 0.3) is 0 Å². The summed E-state index contributed by atoms with van der Waals surface area (Å²) in [6, 6.07) is 6.38. The zero-order valence-electron chi connectivity index (χ0n) is 9.81. The van der Waals surface area contributed by atoms with E-state index in [1.54, 1.807) is 23.8 Å². The molecule has 0 saturated heterocycles. The summed E-state index contributed by atoms with van der Waals surface area (Å²) in [7, 11) is -3.67. The van der Waals surface area contributed by atoms with Crippen LogP contribution < -0.4 is 11.4 Å². The van der Waals surface area contributed by atoms with Crippen molar-refractivity contribution in [3.8, 4) is 0 Å². The maximum atomic E-state index is 12.2. The molecule has 102 valence electrons. The first-order chi connectivity index (χ1) is 9.05. The quantitative estimate of drug-likeness (QED) is 0.577. The topological polar surface area (TPSA) is 114 Å². The van der Waals surface area contributed by atoms with Crippen molar-refractivity contribution in [2.75, 3.05) is 6.54 Å². The van der Waals surface area contributed by atoms with Crippen LogP contribution in [0.3, 0.4) is 0 Å². The standard InChI is InChI=1S/C10H12N4O4S/c11-13-18-10(15)5-6-14-7-12-8-3-1-2-4-9(8)19(14,16)17/h1-4,7,13H,5-6,11H2. The number of hydrazine groups is 1. The Morgan fingerprint density at radius 1 is 1.42 bits per heavy atom. The summed E-state index contributed by atoms with van der Waals surface area (Å²) in [6.45, 7) is -0.0688. The van der Waals surface area contributed by atoms with Gasteiger partial charge in [0.2, 0.25) is 0 Å². The molecular weight excluding hydrogens is 272 g/mol. The first kappa shape index (κ1) is 13.5. The molecule has 1 aliphatic heterocycles. The zero-order chi connectivity index (χ0) is 13.9. The van der Waals surface area contributed by atoms with E-state index < -0.39 is 16.0 Å². The molecule has 1 aliphatic rings. The van der Waals surface area contributed by atoms with Crippen LogP contribution in [0.4, 0.5) is 5.69 Å². The molecule has 0 unspecified atom stereocenters. The molecule has 0 bridgehead atoms. The number of hydrogen-bond acceptors (Lipinski definition) is 7. The van der Waals surface area contributed by atoms with E-state index in [9.17, 15) is 13.2 Å². The Labute approximate surface area is 109 Å². The number of nitrogens with zero attached hydrogens (tertiary/aromatic N) is 2. The van der Waals surface area contributed by atoms with Gasteiger partial charge in [0, 0.05) is 6.54 Å². The Hall–Kier alpha value is -1.97. The Morgan fingerprint density at radius 3 is 2.89 bits per heavy atom. The van der Waals surface area contributed by atoms with Crippen molar-refractivity contribution in [1.29, 1.82) is 0 Å². The van der Waals surface area contributed by atoms with E-state index in [2.05, 4.69) is 9.83 Å². The third-order valence-corrected chi connectivity index (χ3v) is 4.28. The second-order valence-corrected chi connectivity index (χ2v) is 5.53. The molecule has 2 rings (SSSR count). The van der Waals surface area contributed by atoms with Crippen molar-refractivity contribution in [1.82, 2.24) is 9.89 Å². The van der Waals surface area contributed by atoms with Crippen LogP contribution in [-0.2, 0) is 19.7 Å². The molecule has 1 heterocycles. The number of para-hydroxylation sites is 1. The van der Waals surface area contributed by atoms with E-state index in [-0.39, 0.29) is 17.9 Å². The molecule has 8 nitrogen and oxygen atoms in total. The van der Waals surface area contributed by atoms with Crippen molar-refractivity contribution in [2.24, 2.45) is 10.8 Å². The zero-order valence-corrected chi connectivity index (χ0v) is 10.6. The van der Waals surface area contributed by atoms with E-state index in [0.717, 1.165) is 4.31 Å². The number of carbonyl (C=O) groups is 1. The van der Waals surface area contributed by atoms with Gasteiger partial charge in [0.05, 0.1) is 12.1 Å². The lowest BCUT2D eigenvalue weighted by Gasteiger charge is -2.23. The predicted octanol–water partition coefficient (Wildman–Crippen LogP) is -0.338. The highest BCUT2D eigenvalue weighted by molar-refractivity contribution is 7.89. The summed E-state index contributed by atoms with van der Waals surface area (Å²) < 4.78 is 25.4. The first-order valence-corrected chi connectivity index (χ1v) is 6.80. The minimum atomic E-state index is -3.67. The minimum Gasteiger partial charge on any atom is -0.356 e. The van der Waals surface area contributed by atoms with Gasteiger partial charge < -0.3 is 4.84 Å². The van der Waals surface area contributed by atoms with E-state index in [0.29, 0.717) is 5.69 Å². The van der Waals surface area contributed by atoms with Crippen molar-refractivity contribution < 1.29 is 18.0 Å². The highest BCUT2D eigenvalue weighted by atomic mass is 32.2. The molecule has 0 amide bonds. The van der Waals surface area contributed by atoms with Gasteiger partial charge in [-0.05, 0) is 12.1 Å². The fourth-order valence-corrected chi connectivity index (χ4v) is 2.98. The third-order valence-electron chi connectivity index (χ3n) is 2.49. The molecule has 3 N–H and O–H groups in total. The molecule has 0 spiro atoms. The fraction of sp³-hybridized carbons (Fsp3) is 0.200. The summed E-state index contributed by atoms with van der Waals surface area (Å²) in [4.78, 5) is 19.5. The monoisotopic (exact) mass is 284 g/mol. The highest BCUT2D eigenvalue weighted by Gasteiger charge is 2.28. The second kappa shape index (κ2) is 5.34. The number of fused-ring (bicyclic) bond motifs is 1. The molecular formula is C10H12N4O4S. The molecule has 0 saturated carbocycles. The average Bonchev–Trinajstić information content (AvgIpc) is 2.38. The fourth-order valence-electron chi connectivity index (χ4n) is 1.59. The van der Waals surface area contributed by atoms with Gasteiger partial charge in [0.25, 0.3) is 10.0 Å². The largest absolute Gasteiger partial charge is 0.356 e. The van der Waals surface area contributed by atoms with Crippen LogP contribution >= 0.6 is 0 Å². The van der Waals surface area contributed by atoms with Crippen LogP contribution in [0.15, 0.2) is 34.2 Å². The number of hydrogen-bond donors (Lipinski definition) is 2. The molecule has 0 atom stereocenters. The number of rotatable bonds is 4. The van der Waals surface area contributed by atoms with Gasteiger partial charge in [0.15, 0.2) is 0 Å². The van der Waals surface area contributed by atoms with Crippen molar-refractivity contribution in [3.63, 3.8) is 0 Å². The number of sulfonamides is 1. The summed E-state index contributed by atoms with van der Waals surface area (Å²) >= 11 is 0. The van der Waals surface area contributed by atoms with Crippen LogP contribution in [0.5, 0.6) is 0 Å². The van der Waals surface area contributed by atoms with Crippen LogP contribution in [0, 0.1) is 0 Å². The predicted molar refractivity (Wildman–Crippen MR) is 66.5 cm³/mol. The van der Waals surface area contributed by atoms with Gasteiger partial charge >= 0.3 is 5.97 Å². The Bertz CT molecular complexity index is 614. The van der Waals surface area contributed by atoms with Gasteiger partial charge in [-0.15, -0.1) is 0 Å². The molecule has 0 aliphatic carbocycles. The number of benzene rings is 1. The van der Waals surface area contributed by atoms with Crippen LogP contribution in [-0.4, -0.2) is 31.6 Å². The number of carbonyl (C=O) groups excluding carboxylic acids is 1. The first-order valence-electron chi connectivity index (χ1n) is 5.36. The lowest BCUT2D eigenvalue weighted by Crippen LogP contribution is -2.35. The molecule has 0 radical (unpaired) electrons. The van der Waals surface area contributed by atoms with Gasteiger partial charge in [-0.1, -0.05) is 17.7 Å². The van der Waals surface area contributed by atoms with Gasteiger partial charge in [-0.25, -0.2) is 19.3 Å². The Kier molecular flexibility index (Phi) is 3.79. The maximum absolute atomic E-state index is 12.2. The van der Waals surface area contributed by atoms with Crippen molar-refractivity contribution in [2.45, 2.75) is 11.3 Å². The van der Waals surface area contributed by atoms with E-state index in [1.165, 1.54) is 12.4 Å². The van der Waals surface area contributed by atoms with Gasteiger partial charge in [0.1, 0.15) is 11.2 Å². The second-order valence-electron chi connectivity index (χ2n) is 3.67. The smallest absolute Gasteiger partial charge is 0.328 e. The normalized spacial score (nSPS) is 15.9. The Morgan fingerprint density at radius 2 is 2.16 bits per heavy atom. The van der Waals surface area contributed by atoms with Crippen molar-refractivity contribution >= 4 is 28.0 Å². The highest BCUT2D eigenvalue weighted by Crippen LogP contribution is 2.29. The SMILES string of the molecule is NNOC(=O)CCN1C=Nc2ccccc2S1(=O)=O. The minimum absolute atomic E-state index is 0.0688. The van der Waals surface area contributed by atoms with Crippen LogP contribution in [0.2, 0.25) is 0 Å². The van der Waals surface area contributed by atoms with E-state index in [4.69, 9.17) is 5.84 Å². The molecule has 0 fully saturated rings. The molecule has 1 aromatic rings. The van der Waals surface area contributed by atoms with E-state index >= 15 is 0 Å². The van der Waals surface area contributed by atoms with E-state index in [1.807, 2.05) is 0 Å². The molecule has 9 heteroatoms. The summed E-state index contributed by atoms with van der Waals surface area (Å²) in [6.07, 6.45) is 1.04. The lowest BCUT2D eigenvalue weighted by atomic mass is 10.3. The summed E-state index contributed by atoms with van der Waals surface area (Å²) in [5, 5.41) is 0. The molecule has 19 heavy (non-hydrogen) atoms. The van der Waals surface area contributed by atoms with Gasteiger partial charge in [-0.2, -0.15) is 0 Å². The number of aliphatic imine (C=N–C) groups is 1. The molecule has 0 aromatic heterocycles. The third kappa shape index (κ3) is 2.72. The Balaban J connectivity index is 2.16. The van der Waals surface area contributed by atoms with Crippen LogP contribution in [0.1, 0.15) is 6.42 Å². The van der Waals surface area contributed by atoms with Crippen molar-refractivity contribution in [3.05, 3.63) is 24.3 Å². The lowest BCUT2D eigenvalue weighted by molar-refractivity contribution is -0.151. The summed E-state index contributed by atoms with van der Waals surface area (Å²) in [5.74, 6) is 4.14. The van der Waals surface area contributed by atoms with Gasteiger partial charge in [-0.3, -0.25) is 9.10 Å². The molecule has 1 aromatic carbocycles.